The third kappa shape index (κ3) is 3.70. The van der Waals surface area contributed by atoms with Crippen molar-refractivity contribution >= 4 is 11.8 Å². The van der Waals surface area contributed by atoms with Gasteiger partial charge in [-0.05, 0) is 19.4 Å². The van der Waals surface area contributed by atoms with E-state index in [9.17, 15) is 9.59 Å². The lowest BCUT2D eigenvalue weighted by Crippen LogP contribution is -2.51. The molecule has 20 heavy (non-hydrogen) atoms. The average Bonchev–Trinajstić information content (AvgIpc) is 2.83. The fourth-order valence-electron chi connectivity index (χ4n) is 3.03. The number of carbonyl (C=O) groups excluding carboxylic acids is 2. The summed E-state index contributed by atoms with van der Waals surface area (Å²) in [6, 6.07) is 0.376. The van der Waals surface area contributed by atoms with Crippen molar-refractivity contribution in [2.75, 3.05) is 46.3 Å². The topological polar surface area (TPSA) is 69.9 Å². The van der Waals surface area contributed by atoms with E-state index in [1.807, 2.05) is 11.9 Å². The summed E-state index contributed by atoms with van der Waals surface area (Å²) in [6.07, 6.45) is 3.08. The van der Waals surface area contributed by atoms with Gasteiger partial charge in [0.15, 0.2) is 0 Å². The number of fused-ring (bicyclic) bond motifs is 1. The molecule has 6 heteroatoms. The molecule has 2 N–H and O–H groups in total. The second-order valence-electron chi connectivity index (χ2n) is 5.79. The van der Waals surface area contributed by atoms with E-state index >= 15 is 0 Å². The molecule has 1 unspecified atom stereocenters. The van der Waals surface area contributed by atoms with Gasteiger partial charge in [0.1, 0.15) is 0 Å². The highest BCUT2D eigenvalue weighted by atomic mass is 16.2. The van der Waals surface area contributed by atoms with Gasteiger partial charge in [0, 0.05) is 58.7 Å². The summed E-state index contributed by atoms with van der Waals surface area (Å²) < 4.78 is 0. The van der Waals surface area contributed by atoms with Crippen molar-refractivity contribution in [3.63, 3.8) is 0 Å². The molecule has 0 radical (unpaired) electrons. The Bertz CT molecular complexity index is 361. The summed E-state index contributed by atoms with van der Waals surface area (Å²) in [7, 11) is 1.84. The third-order valence-electron chi connectivity index (χ3n) is 4.34. The molecule has 0 bridgehead atoms. The Morgan fingerprint density at radius 2 is 2.25 bits per heavy atom. The molecule has 2 fully saturated rings. The van der Waals surface area contributed by atoms with Crippen LogP contribution >= 0.6 is 0 Å². The van der Waals surface area contributed by atoms with Crippen molar-refractivity contribution in [2.24, 2.45) is 5.73 Å². The lowest BCUT2D eigenvalue weighted by Gasteiger charge is -2.37. The molecule has 0 aromatic heterocycles. The van der Waals surface area contributed by atoms with Gasteiger partial charge in [-0.2, -0.15) is 0 Å². The van der Waals surface area contributed by atoms with Crippen LogP contribution in [0.4, 0.5) is 0 Å². The minimum atomic E-state index is 0.184. The Balaban J connectivity index is 1.70. The molecule has 6 nitrogen and oxygen atoms in total. The number of amides is 2. The molecule has 0 aromatic rings. The standard InChI is InChI=1S/C14H26N4O2/c1-16(7-2-6-15)13(19)5-8-17-9-10-18-12(11-17)3-4-14(18)20/h12H,2-11,15H2,1H3. The van der Waals surface area contributed by atoms with Crippen LogP contribution in [0, 0.1) is 0 Å². The van der Waals surface area contributed by atoms with Gasteiger partial charge in [0.25, 0.3) is 0 Å². The van der Waals surface area contributed by atoms with Crippen molar-refractivity contribution in [3.05, 3.63) is 0 Å². The van der Waals surface area contributed by atoms with Gasteiger partial charge in [-0.15, -0.1) is 0 Å². The number of piperazine rings is 1. The quantitative estimate of drug-likeness (QED) is 0.712. The fourth-order valence-corrected chi connectivity index (χ4v) is 3.03. The number of nitrogens with zero attached hydrogens (tertiary/aromatic N) is 3. The van der Waals surface area contributed by atoms with Gasteiger partial charge in [0.2, 0.25) is 11.8 Å². The van der Waals surface area contributed by atoms with E-state index in [1.165, 1.54) is 0 Å². The van der Waals surface area contributed by atoms with Crippen LogP contribution in [0.5, 0.6) is 0 Å². The van der Waals surface area contributed by atoms with Crippen LogP contribution in [0.3, 0.4) is 0 Å². The second kappa shape index (κ2) is 7.04. The monoisotopic (exact) mass is 282 g/mol. The Hall–Kier alpha value is -1.14. The van der Waals surface area contributed by atoms with E-state index in [-0.39, 0.29) is 5.91 Å². The zero-order chi connectivity index (χ0) is 14.5. The van der Waals surface area contributed by atoms with Gasteiger partial charge in [0.05, 0.1) is 0 Å². The molecule has 2 aliphatic heterocycles. The first-order chi connectivity index (χ1) is 9.61. The van der Waals surface area contributed by atoms with Crippen LogP contribution in [-0.2, 0) is 9.59 Å². The normalized spacial score (nSPS) is 23.0. The van der Waals surface area contributed by atoms with Crippen molar-refractivity contribution in [3.8, 4) is 0 Å². The Labute approximate surface area is 120 Å². The van der Waals surface area contributed by atoms with Crippen LogP contribution in [-0.4, -0.2) is 78.9 Å². The molecule has 2 aliphatic rings. The van der Waals surface area contributed by atoms with Gasteiger partial charge in [-0.25, -0.2) is 0 Å². The molecule has 0 aromatic carbocycles. The molecule has 2 amide bonds. The Morgan fingerprint density at radius 3 is 3.00 bits per heavy atom. The lowest BCUT2D eigenvalue weighted by molar-refractivity contribution is -0.132. The first-order valence-electron chi connectivity index (χ1n) is 7.57. The number of hydrogen-bond acceptors (Lipinski definition) is 4. The summed E-state index contributed by atoms with van der Waals surface area (Å²) in [4.78, 5) is 29.7. The lowest BCUT2D eigenvalue weighted by atomic mass is 10.1. The van der Waals surface area contributed by atoms with E-state index < -0.39 is 0 Å². The predicted octanol–water partition coefficient (Wildman–Crippen LogP) is -0.510. The van der Waals surface area contributed by atoms with Crippen molar-refractivity contribution < 1.29 is 9.59 Å². The second-order valence-corrected chi connectivity index (χ2v) is 5.79. The van der Waals surface area contributed by atoms with E-state index in [1.54, 1.807) is 4.90 Å². The van der Waals surface area contributed by atoms with E-state index in [0.29, 0.717) is 31.3 Å². The van der Waals surface area contributed by atoms with Gasteiger partial charge >= 0.3 is 0 Å². The maximum Gasteiger partial charge on any atom is 0.223 e. The number of carbonyl (C=O) groups is 2. The molecular formula is C14H26N4O2. The Kier molecular flexibility index (Phi) is 5.37. The maximum atomic E-state index is 12.0. The zero-order valence-electron chi connectivity index (χ0n) is 12.4. The molecule has 2 heterocycles. The molecule has 2 rings (SSSR count). The van der Waals surface area contributed by atoms with E-state index in [4.69, 9.17) is 5.73 Å². The van der Waals surface area contributed by atoms with Crippen LogP contribution in [0.1, 0.15) is 25.7 Å². The molecule has 0 saturated carbocycles. The molecule has 0 spiro atoms. The van der Waals surface area contributed by atoms with Gasteiger partial charge in [-0.3, -0.25) is 14.5 Å². The first kappa shape index (κ1) is 15.3. The summed E-state index contributed by atoms with van der Waals surface area (Å²) in [5, 5.41) is 0. The minimum absolute atomic E-state index is 0.184. The SMILES string of the molecule is CN(CCCN)C(=O)CCN1CCN2C(=O)CCC2C1. The van der Waals surface area contributed by atoms with Gasteiger partial charge < -0.3 is 15.5 Å². The average molecular weight is 282 g/mol. The van der Waals surface area contributed by atoms with Crippen LogP contribution in [0.15, 0.2) is 0 Å². The summed E-state index contributed by atoms with van der Waals surface area (Å²) in [6.45, 7) is 4.79. The molecule has 1 atom stereocenters. The third-order valence-corrected chi connectivity index (χ3v) is 4.34. The van der Waals surface area contributed by atoms with Crippen LogP contribution in [0.2, 0.25) is 0 Å². The largest absolute Gasteiger partial charge is 0.346 e. The zero-order valence-corrected chi connectivity index (χ0v) is 12.4. The smallest absolute Gasteiger partial charge is 0.223 e. The van der Waals surface area contributed by atoms with Crippen molar-refractivity contribution in [1.29, 1.82) is 0 Å². The summed E-state index contributed by atoms with van der Waals surface area (Å²) >= 11 is 0. The van der Waals surface area contributed by atoms with Crippen LogP contribution < -0.4 is 5.73 Å². The van der Waals surface area contributed by atoms with E-state index in [2.05, 4.69) is 4.90 Å². The van der Waals surface area contributed by atoms with E-state index in [0.717, 1.165) is 45.6 Å². The first-order valence-corrected chi connectivity index (χ1v) is 7.57. The molecular weight excluding hydrogens is 256 g/mol. The molecule has 2 saturated heterocycles. The summed E-state index contributed by atoms with van der Waals surface area (Å²) in [5.41, 5.74) is 5.45. The minimum Gasteiger partial charge on any atom is -0.346 e. The van der Waals surface area contributed by atoms with Gasteiger partial charge in [-0.1, -0.05) is 0 Å². The van der Waals surface area contributed by atoms with Crippen molar-refractivity contribution in [2.45, 2.75) is 31.7 Å². The summed E-state index contributed by atoms with van der Waals surface area (Å²) in [5.74, 6) is 0.482. The Morgan fingerprint density at radius 1 is 1.45 bits per heavy atom. The number of rotatable bonds is 6. The highest BCUT2D eigenvalue weighted by Crippen LogP contribution is 2.22. The highest BCUT2D eigenvalue weighted by molar-refractivity contribution is 5.79. The number of nitrogens with two attached hydrogens (primary N) is 1. The molecule has 114 valence electrons. The fraction of sp³-hybridized carbons (Fsp3) is 0.857. The van der Waals surface area contributed by atoms with Crippen LogP contribution in [0.25, 0.3) is 0 Å². The highest BCUT2D eigenvalue weighted by Gasteiger charge is 2.35. The maximum absolute atomic E-state index is 12.0. The predicted molar refractivity (Wildman–Crippen MR) is 77.1 cm³/mol. The van der Waals surface area contributed by atoms with Crippen molar-refractivity contribution in [1.82, 2.24) is 14.7 Å². The molecule has 0 aliphatic carbocycles. The number of hydrogen-bond donors (Lipinski definition) is 1.